The van der Waals surface area contributed by atoms with Crippen molar-refractivity contribution in [2.45, 2.75) is 56.8 Å². The van der Waals surface area contributed by atoms with Crippen LogP contribution in [0.2, 0.25) is 0 Å². The molecule has 1 saturated heterocycles. The summed E-state index contributed by atoms with van der Waals surface area (Å²) in [7, 11) is 0. The molecular formula is C18H25ClN4O2. The molecule has 3 N–H and O–H groups in total. The summed E-state index contributed by atoms with van der Waals surface area (Å²) in [6, 6.07) is 8.48. The highest BCUT2D eigenvalue weighted by molar-refractivity contribution is 5.94. The lowest BCUT2D eigenvalue weighted by atomic mass is 10.2. The average molecular weight is 365 g/mol. The molecular weight excluding hydrogens is 340 g/mol. The lowest BCUT2D eigenvalue weighted by Gasteiger charge is -2.18. The third-order valence-electron chi connectivity index (χ3n) is 5.18. The lowest BCUT2D eigenvalue weighted by Crippen LogP contribution is -2.31. The van der Waals surface area contributed by atoms with Gasteiger partial charge in [0.05, 0.1) is 17.1 Å². The number of benzene rings is 1. The molecule has 2 fully saturated rings. The number of nitrogens with zero attached hydrogens (tertiary/aromatic N) is 2. The first kappa shape index (κ1) is 18.2. The predicted octanol–water partition coefficient (Wildman–Crippen LogP) is 3.02. The normalized spacial score (nSPS) is 23.7. The Bertz CT molecular complexity index is 742. The molecule has 4 rings (SSSR count). The van der Waals surface area contributed by atoms with Crippen LogP contribution in [-0.4, -0.2) is 34.2 Å². The lowest BCUT2D eigenvalue weighted by molar-refractivity contribution is -0.126. The van der Waals surface area contributed by atoms with Crippen molar-refractivity contribution in [3.63, 3.8) is 0 Å². The van der Waals surface area contributed by atoms with Gasteiger partial charge in [-0.05, 0) is 37.8 Å². The number of hydrogen-bond donors (Lipinski definition) is 2. The van der Waals surface area contributed by atoms with Crippen LogP contribution in [-0.2, 0) is 9.53 Å². The Morgan fingerprint density at radius 1 is 1.24 bits per heavy atom. The standard InChI is InChI=1S/C18H24N4O2.ClH/c19-11-13-9-10-16(24-13)17(23)21-18-20-14-7-3-4-8-15(14)22(18)12-5-1-2-6-12;/h3-4,7-8,12-13,16H,1-2,5-6,9-11,19H2,(H,20,21,23);1H/t13-,16+;/m1./s1. The number of hydrogen-bond acceptors (Lipinski definition) is 4. The number of halogens is 1. The minimum atomic E-state index is -0.421. The van der Waals surface area contributed by atoms with Gasteiger partial charge in [0.1, 0.15) is 6.10 Å². The number of amides is 1. The topological polar surface area (TPSA) is 82.2 Å². The molecule has 1 aromatic heterocycles. The van der Waals surface area contributed by atoms with Crippen molar-refractivity contribution in [2.24, 2.45) is 5.73 Å². The number of ether oxygens (including phenoxy) is 1. The molecule has 0 spiro atoms. The van der Waals surface area contributed by atoms with Gasteiger partial charge in [-0.2, -0.15) is 0 Å². The number of para-hydroxylation sites is 2. The van der Waals surface area contributed by atoms with Gasteiger partial charge in [-0.3, -0.25) is 10.1 Å². The van der Waals surface area contributed by atoms with Crippen LogP contribution >= 0.6 is 12.4 Å². The van der Waals surface area contributed by atoms with Gasteiger partial charge < -0.3 is 15.0 Å². The highest BCUT2D eigenvalue weighted by Crippen LogP contribution is 2.35. The number of imidazole rings is 1. The molecule has 1 amide bonds. The van der Waals surface area contributed by atoms with E-state index in [4.69, 9.17) is 10.5 Å². The summed E-state index contributed by atoms with van der Waals surface area (Å²) in [6.07, 6.45) is 5.87. The van der Waals surface area contributed by atoms with Crippen LogP contribution in [0.5, 0.6) is 0 Å². The number of carbonyl (C=O) groups excluding carboxylic acids is 1. The summed E-state index contributed by atoms with van der Waals surface area (Å²) in [4.78, 5) is 17.2. The number of nitrogens with two attached hydrogens (primary N) is 1. The van der Waals surface area contributed by atoms with Crippen molar-refractivity contribution in [3.05, 3.63) is 24.3 Å². The first-order chi connectivity index (χ1) is 11.8. The van der Waals surface area contributed by atoms with Gasteiger partial charge >= 0.3 is 0 Å². The van der Waals surface area contributed by atoms with Crippen molar-refractivity contribution in [1.82, 2.24) is 9.55 Å². The molecule has 0 bridgehead atoms. The van der Waals surface area contributed by atoms with E-state index in [-0.39, 0.29) is 24.4 Å². The summed E-state index contributed by atoms with van der Waals surface area (Å²) < 4.78 is 7.91. The number of nitrogens with one attached hydrogen (secondary N) is 1. The maximum absolute atomic E-state index is 12.6. The number of fused-ring (bicyclic) bond motifs is 1. The largest absolute Gasteiger partial charge is 0.364 e. The van der Waals surface area contributed by atoms with E-state index in [0.29, 0.717) is 18.5 Å². The van der Waals surface area contributed by atoms with Gasteiger partial charge in [0.25, 0.3) is 5.91 Å². The Morgan fingerprint density at radius 2 is 2.00 bits per heavy atom. The van der Waals surface area contributed by atoms with E-state index in [0.717, 1.165) is 36.7 Å². The number of rotatable bonds is 4. The van der Waals surface area contributed by atoms with Crippen molar-refractivity contribution in [1.29, 1.82) is 0 Å². The quantitative estimate of drug-likeness (QED) is 0.873. The van der Waals surface area contributed by atoms with E-state index >= 15 is 0 Å². The molecule has 136 valence electrons. The first-order valence-electron chi connectivity index (χ1n) is 8.89. The van der Waals surface area contributed by atoms with Gasteiger partial charge in [-0.25, -0.2) is 4.98 Å². The maximum Gasteiger partial charge on any atom is 0.255 e. The van der Waals surface area contributed by atoms with E-state index in [1.54, 1.807) is 0 Å². The smallest absolute Gasteiger partial charge is 0.255 e. The fraction of sp³-hybridized carbons (Fsp3) is 0.556. The molecule has 0 unspecified atom stereocenters. The van der Waals surface area contributed by atoms with Gasteiger partial charge in [0.15, 0.2) is 0 Å². The SMILES string of the molecule is Cl.NC[C@H]1CC[C@@H](C(=O)Nc2nc3ccccc3n2C2CCCC2)O1. The van der Waals surface area contributed by atoms with Crippen molar-refractivity contribution in [2.75, 3.05) is 11.9 Å². The Balaban J connectivity index is 0.00000182. The van der Waals surface area contributed by atoms with E-state index in [1.807, 2.05) is 18.2 Å². The molecule has 0 radical (unpaired) electrons. The third kappa shape index (κ3) is 3.52. The summed E-state index contributed by atoms with van der Waals surface area (Å²) in [5.74, 6) is 0.536. The highest BCUT2D eigenvalue weighted by atomic mass is 35.5. The summed E-state index contributed by atoms with van der Waals surface area (Å²) in [6.45, 7) is 0.463. The summed E-state index contributed by atoms with van der Waals surface area (Å²) >= 11 is 0. The molecule has 1 aliphatic carbocycles. The fourth-order valence-electron chi connectivity index (χ4n) is 3.93. The third-order valence-corrected chi connectivity index (χ3v) is 5.18. The molecule has 25 heavy (non-hydrogen) atoms. The second-order valence-corrected chi connectivity index (χ2v) is 6.78. The Hall–Kier alpha value is -1.63. The van der Waals surface area contributed by atoms with Crippen molar-refractivity contribution in [3.8, 4) is 0 Å². The van der Waals surface area contributed by atoms with E-state index < -0.39 is 6.10 Å². The monoisotopic (exact) mass is 364 g/mol. The maximum atomic E-state index is 12.6. The van der Waals surface area contributed by atoms with Gasteiger partial charge in [0, 0.05) is 12.6 Å². The Kier molecular flexibility index (Phi) is 5.61. The molecule has 2 aromatic rings. The van der Waals surface area contributed by atoms with Crippen molar-refractivity contribution < 1.29 is 9.53 Å². The molecule has 6 nitrogen and oxygen atoms in total. The molecule has 2 aliphatic rings. The molecule has 2 heterocycles. The second kappa shape index (κ2) is 7.72. The molecule has 2 atom stereocenters. The first-order valence-corrected chi connectivity index (χ1v) is 8.89. The van der Waals surface area contributed by atoms with Crippen LogP contribution < -0.4 is 11.1 Å². The number of anilines is 1. The summed E-state index contributed by atoms with van der Waals surface area (Å²) in [5, 5.41) is 3.01. The van der Waals surface area contributed by atoms with Gasteiger partial charge in [-0.15, -0.1) is 12.4 Å². The van der Waals surface area contributed by atoms with E-state index in [2.05, 4.69) is 20.9 Å². The van der Waals surface area contributed by atoms with Gasteiger partial charge in [-0.1, -0.05) is 25.0 Å². The average Bonchev–Trinajstić information content (AvgIpc) is 3.33. The van der Waals surface area contributed by atoms with Crippen LogP contribution in [0, 0.1) is 0 Å². The Labute approximate surface area is 153 Å². The van der Waals surface area contributed by atoms with Crippen LogP contribution in [0.25, 0.3) is 11.0 Å². The van der Waals surface area contributed by atoms with Crippen LogP contribution in [0.1, 0.15) is 44.6 Å². The number of carbonyl (C=O) groups is 1. The van der Waals surface area contributed by atoms with Crippen LogP contribution in [0.15, 0.2) is 24.3 Å². The van der Waals surface area contributed by atoms with Crippen molar-refractivity contribution >= 4 is 35.3 Å². The predicted molar refractivity (Wildman–Crippen MR) is 100 cm³/mol. The van der Waals surface area contributed by atoms with E-state index in [1.165, 1.54) is 12.8 Å². The highest BCUT2D eigenvalue weighted by Gasteiger charge is 2.31. The molecule has 1 aliphatic heterocycles. The minimum Gasteiger partial charge on any atom is -0.364 e. The zero-order valence-electron chi connectivity index (χ0n) is 14.2. The van der Waals surface area contributed by atoms with E-state index in [9.17, 15) is 4.79 Å². The van der Waals surface area contributed by atoms with Gasteiger partial charge in [0.2, 0.25) is 5.95 Å². The van der Waals surface area contributed by atoms with Crippen LogP contribution in [0.4, 0.5) is 5.95 Å². The number of aromatic nitrogens is 2. The molecule has 1 aromatic carbocycles. The fourth-order valence-corrected chi connectivity index (χ4v) is 3.93. The summed E-state index contributed by atoms with van der Waals surface area (Å²) in [5.41, 5.74) is 7.65. The Morgan fingerprint density at radius 3 is 2.72 bits per heavy atom. The minimum absolute atomic E-state index is 0. The zero-order valence-corrected chi connectivity index (χ0v) is 15.0. The molecule has 7 heteroatoms. The second-order valence-electron chi connectivity index (χ2n) is 6.78. The molecule has 1 saturated carbocycles. The zero-order chi connectivity index (χ0) is 16.5. The van der Waals surface area contributed by atoms with Crippen LogP contribution in [0.3, 0.4) is 0 Å².